The molecular weight excluding hydrogens is 257 g/mol. The molecule has 0 amide bonds. The topological polar surface area (TPSA) is 29.9 Å². The molecule has 1 aromatic heterocycles. The molecule has 5 heteroatoms. The SMILES string of the molecule is CCn1nc(C)c(Cl)c1CNC1(CCl)CCC1. The van der Waals surface area contributed by atoms with Gasteiger partial charge in [0.25, 0.3) is 0 Å². The van der Waals surface area contributed by atoms with Crippen LogP contribution in [0.25, 0.3) is 0 Å². The molecule has 1 heterocycles. The lowest BCUT2D eigenvalue weighted by molar-refractivity contribution is 0.209. The Hall–Kier alpha value is -0.250. The minimum absolute atomic E-state index is 0.127. The van der Waals surface area contributed by atoms with Gasteiger partial charge in [-0.1, -0.05) is 11.6 Å². The van der Waals surface area contributed by atoms with E-state index in [0.29, 0.717) is 5.88 Å². The molecule has 17 heavy (non-hydrogen) atoms. The van der Waals surface area contributed by atoms with Crippen molar-refractivity contribution in [3.05, 3.63) is 16.4 Å². The summed E-state index contributed by atoms with van der Waals surface area (Å²) in [5.74, 6) is 0.670. The summed E-state index contributed by atoms with van der Waals surface area (Å²) in [5, 5.41) is 8.74. The van der Waals surface area contributed by atoms with Crippen LogP contribution in [0.3, 0.4) is 0 Å². The van der Waals surface area contributed by atoms with E-state index < -0.39 is 0 Å². The van der Waals surface area contributed by atoms with Crippen molar-refractivity contribution < 1.29 is 0 Å². The van der Waals surface area contributed by atoms with Crippen LogP contribution in [0.2, 0.25) is 5.02 Å². The Morgan fingerprint density at radius 3 is 2.65 bits per heavy atom. The van der Waals surface area contributed by atoms with Crippen molar-refractivity contribution in [2.45, 2.75) is 51.7 Å². The second-order valence-electron chi connectivity index (χ2n) is 4.78. The van der Waals surface area contributed by atoms with Crippen molar-refractivity contribution in [3.8, 4) is 0 Å². The van der Waals surface area contributed by atoms with E-state index in [4.69, 9.17) is 23.2 Å². The zero-order chi connectivity index (χ0) is 12.5. The number of hydrogen-bond acceptors (Lipinski definition) is 2. The molecule has 3 nitrogen and oxygen atoms in total. The second kappa shape index (κ2) is 5.17. The fourth-order valence-corrected chi connectivity index (χ4v) is 2.83. The molecule has 0 unspecified atom stereocenters. The number of aryl methyl sites for hydroxylation is 2. The molecule has 1 aliphatic rings. The van der Waals surface area contributed by atoms with Crippen LogP contribution in [-0.2, 0) is 13.1 Å². The number of hydrogen-bond donors (Lipinski definition) is 1. The number of rotatable bonds is 5. The predicted octanol–water partition coefficient (Wildman–Crippen LogP) is 3.12. The third kappa shape index (κ3) is 2.47. The fourth-order valence-electron chi connectivity index (χ4n) is 2.27. The van der Waals surface area contributed by atoms with Gasteiger partial charge < -0.3 is 5.32 Å². The van der Waals surface area contributed by atoms with Gasteiger partial charge in [0.1, 0.15) is 0 Å². The number of nitrogens with one attached hydrogen (secondary N) is 1. The van der Waals surface area contributed by atoms with Gasteiger partial charge in [-0.05, 0) is 33.1 Å². The normalized spacial score (nSPS) is 18.1. The van der Waals surface area contributed by atoms with Crippen molar-refractivity contribution in [3.63, 3.8) is 0 Å². The molecule has 1 saturated carbocycles. The van der Waals surface area contributed by atoms with Crippen LogP contribution in [0.4, 0.5) is 0 Å². The Kier molecular flexibility index (Phi) is 4.01. The first kappa shape index (κ1) is 13.2. The molecule has 1 N–H and O–H groups in total. The van der Waals surface area contributed by atoms with Crippen LogP contribution in [0.5, 0.6) is 0 Å². The Labute approximate surface area is 112 Å². The Bertz CT molecular complexity index is 391. The van der Waals surface area contributed by atoms with E-state index >= 15 is 0 Å². The van der Waals surface area contributed by atoms with Crippen LogP contribution in [0, 0.1) is 6.92 Å². The highest BCUT2D eigenvalue weighted by Crippen LogP contribution is 2.33. The van der Waals surface area contributed by atoms with Gasteiger partial charge in [-0.2, -0.15) is 5.10 Å². The van der Waals surface area contributed by atoms with E-state index in [1.54, 1.807) is 0 Å². The first-order valence-electron chi connectivity index (χ1n) is 6.14. The van der Waals surface area contributed by atoms with Crippen LogP contribution < -0.4 is 5.32 Å². The molecule has 1 fully saturated rings. The second-order valence-corrected chi connectivity index (χ2v) is 5.43. The van der Waals surface area contributed by atoms with Crippen molar-refractivity contribution in [2.75, 3.05) is 5.88 Å². The molecule has 0 atom stereocenters. The number of halogens is 2. The first-order chi connectivity index (χ1) is 8.12. The van der Waals surface area contributed by atoms with E-state index in [-0.39, 0.29) is 5.54 Å². The number of nitrogens with zero attached hydrogens (tertiary/aromatic N) is 2. The standard InChI is InChI=1S/C12H19Cl2N3/c1-3-17-10(11(14)9(2)16-17)7-15-12(8-13)5-4-6-12/h15H,3-8H2,1-2H3. The third-order valence-corrected chi connectivity index (χ3v) is 4.65. The van der Waals surface area contributed by atoms with E-state index in [2.05, 4.69) is 17.3 Å². The zero-order valence-corrected chi connectivity index (χ0v) is 11.9. The third-order valence-electron chi connectivity index (χ3n) is 3.65. The molecule has 1 aromatic rings. The summed E-state index contributed by atoms with van der Waals surface area (Å²) < 4.78 is 1.96. The molecular formula is C12H19Cl2N3. The highest BCUT2D eigenvalue weighted by Gasteiger charge is 2.35. The smallest absolute Gasteiger partial charge is 0.0860 e. The minimum atomic E-state index is 0.127. The highest BCUT2D eigenvalue weighted by molar-refractivity contribution is 6.31. The van der Waals surface area contributed by atoms with Gasteiger partial charge in [0.2, 0.25) is 0 Å². The lowest BCUT2D eigenvalue weighted by Crippen LogP contribution is -2.52. The van der Waals surface area contributed by atoms with Gasteiger partial charge >= 0.3 is 0 Å². The van der Waals surface area contributed by atoms with Crippen LogP contribution in [0.1, 0.15) is 37.6 Å². The monoisotopic (exact) mass is 275 g/mol. The Balaban J connectivity index is 2.08. The fraction of sp³-hybridized carbons (Fsp3) is 0.750. The van der Waals surface area contributed by atoms with E-state index in [1.807, 2.05) is 11.6 Å². The van der Waals surface area contributed by atoms with E-state index in [1.165, 1.54) is 6.42 Å². The van der Waals surface area contributed by atoms with Crippen LogP contribution in [0.15, 0.2) is 0 Å². The summed E-state index contributed by atoms with van der Waals surface area (Å²) in [6.45, 7) is 5.62. The molecule has 2 rings (SSSR count). The van der Waals surface area contributed by atoms with Gasteiger partial charge in [0, 0.05) is 24.5 Å². The van der Waals surface area contributed by atoms with E-state index in [0.717, 1.165) is 42.3 Å². The Morgan fingerprint density at radius 2 is 2.18 bits per heavy atom. The molecule has 0 aromatic carbocycles. The minimum Gasteiger partial charge on any atom is -0.304 e. The first-order valence-corrected chi connectivity index (χ1v) is 7.06. The summed E-state index contributed by atoms with van der Waals surface area (Å²) in [5.41, 5.74) is 2.10. The van der Waals surface area contributed by atoms with Crippen LogP contribution in [-0.4, -0.2) is 21.2 Å². The molecule has 96 valence electrons. The average Bonchev–Trinajstić information content (AvgIpc) is 2.55. The lowest BCUT2D eigenvalue weighted by Gasteiger charge is -2.41. The maximum Gasteiger partial charge on any atom is 0.0860 e. The molecule has 0 aliphatic heterocycles. The molecule has 0 bridgehead atoms. The van der Waals surface area contributed by atoms with Gasteiger partial charge in [0.15, 0.2) is 0 Å². The molecule has 0 radical (unpaired) electrons. The maximum absolute atomic E-state index is 6.27. The van der Waals surface area contributed by atoms with Gasteiger partial charge in [-0.25, -0.2) is 0 Å². The quantitative estimate of drug-likeness (QED) is 0.837. The summed E-state index contributed by atoms with van der Waals surface area (Å²) in [6.07, 6.45) is 3.58. The average molecular weight is 276 g/mol. The largest absolute Gasteiger partial charge is 0.304 e. The molecule has 0 spiro atoms. The Morgan fingerprint density at radius 1 is 1.47 bits per heavy atom. The van der Waals surface area contributed by atoms with Gasteiger partial charge in [-0.3, -0.25) is 4.68 Å². The summed E-state index contributed by atoms with van der Waals surface area (Å²) in [7, 11) is 0. The number of aromatic nitrogens is 2. The zero-order valence-electron chi connectivity index (χ0n) is 10.4. The van der Waals surface area contributed by atoms with Crippen molar-refractivity contribution >= 4 is 23.2 Å². The van der Waals surface area contributed by atoms with Crippen molar-refractivity contribution in [1.29, 1.82) is 0 Å². The number of alkyl halides is 1. The summed E-state index contributed by atoms with van der Waals surface area (Å²) >= 11 is 12.3. The predicted molar refractivity (Wildman–Crippen MR) is 71.8 cm³/mol. The van der Waals surface area contributed by atoms with Crippen molar-refractivity contribution in [1.82, 2.24) is 15.1 Å². The van der Waals surface area contributed by atoms with Crippen LogP contribution >= 0.6 is 23.2 Å². The highest BCUT2D eigenvalue weighted by atomic mass is 35.5. The van der Waals surface area contributed by atoms with E-state index in [9.17, 15) is 0 Å². The molecule has 1 aliphatic carbocycles. The summed E-state index contributed by atoms with van der Waals surface area (Å²) in [4.78, 5) is 0. The van der Waals surface area contributed by atoms with Crippen molar-refractivity contribution in [2.24, 2.45) is 0 Å². The maximum atomic E-state index is 6.27. The summed E-state index contributed by atoms with van der Waals surface area (Å²) in [6, 6.07) is 0. The molecule has 0 saturated heterocycles. The van der Waals surface area contributed by atoms with Gasteiger partial charge in [0.05, 0.1) is 16.4 Å². The lowest BCUT2D eigenvalue weighted by atomic mass is 9.78. The van der Waals surface area contributed by atoms with Gasteiger partial charge in [-0.15, -0.1) is 11.6 Å².